The maximum Gasteiger partial charge on any atom is 0.220 e. The topological polar surface area (TPSA) is 76.6 Å². The molecule has 1 N–H and O–H groups in total. The van der Waals surface area contributed by atoms with Crippen LogP contribution in [0.4, 0.5) is 0 Å². The van der Waals surface area contributed by atoms with Crippen molar-refractivity contribution in [3.8, 4) is 11.3 Å². The summed E-state index contributed by atoms with van der Waals surface area (Å²) >= 11 is 5.90. The average molecular weight is 459 g/mol. The SMILES string of the molecule is Cc1ccc(C)c(-c2cc3c4nnc(CCC(=O)NCc5ccc(Cl)cc5)n4ccn3n2)c1. The largest absolute Gasteiger partial charge is 0.352 e. The first-order valence-corrected chi connectivity index (χ1v) is 11.2. The van der Waals surface area contributed by atoms with Crippen LogP contribution in [-0.2, 0) is 17.8 Å². The summed E-state index contributed by atoms with van der Waals surface area (Å²) in [5.41, 5.74) is 6.97. The molecule has 0 unspecified atom stereocenters. The highest BCUT2D eigenvalue weighted by Gasteiger charge is 2.14. The van der Waals surface area contributed by atoms with E-state index in [1.54, 1.807) is 0 Å². The van der Waals surface area contributed by atoms with Crippen molar-refractivity contribution < 1.29 is 4.79 Å². The summed E-state index contributed by atoms with van der Waals surface area (Å²) in [6.45, 7) is 4.63. The molecule has 8 heteroatoms. The Bertz CT molecular complexity index is 1470. The summed E-state index contributed by atoms with van der Waals surface area (Å²) in [6.07, 6.45) is 4.60. The predicted octanol–water partition coefficient (Wildman–Crippen LogP) is 4.56. The number of carbonyl (C=O) groups excluding carboxylic acids is 1. The van der Waals surface area contributed by atoms with Crippen molar-refractivity contribution in [2.45, 2.75) is 33.2 Å². The molecule has 0 spiro atoms. The van der Waals surface area contributed by atoms with E-state index in [1.807, 2.05) is 51.6 Å². The summed E-state index contributed by atoms with van der Waals surface area (Å²) in [6, 6.07) is 15.8. The number of benzene rings is 2. The molecule has 5 rings (SSSR count). The first-order chi connectivity index (χ1) is 16.0. The molecule has 0 radical (unpaired) electrons. The molecule has 166 valence electrons. The lowest BCUT2D eigenvalue weighted by molar-refractivity contribution is -0.121. The number of nitrogens with one attached hydrogen (secondary N) is 1. The van der Waals surface area contributed by atoms with Crippen LogP contribution in [0, 0.1) is 13.8 Å². The number of aromatic nitrogens is 5. The zero-order chi connectivity index (χ0) is 22.9. The minimum atomic E-state index is -0.0376. The van der Waals surface area contributed by atoms with Gasteiger partial charge in [-0.2, -0.15) is 5.10 Å². The molecule has 0 atom stereocenters. The van der Waals surface area contributed by atoms with E-state index in [9.17, 15) is 4.79 Å². The summed E-state index contributed by atoms with van der Waals surface area (Å²) < 4.78 is 3.75. The van der Waals surface area contributed by atoms with Crippen molar-refractivity contribution in [1.82, 2.24) is 29.5 Å². The summed E-state index contributed by atoms with van der Waals surface area (Å²) in [4.78, 5) is 12.3. The zero-order valence-electron chi connectivity index (χ0n) is 18.4. The Hall–Kier alpha value is -3.71. The highest BCUT2D eigenvalue weighted by atomic mass is 35.5. The maximum atomic E-state index is 12.3. The van der Waals surface area contributed by atoms with Crippen molar-refractivity contribution >= 4 is 28.7 Å². The Labute approximate surface area is 196 Å². The van der Waals surface area contributed by atoms with Gasteiger partial charge in [0, 0.05) is 42.4 Å². The average Bonchev–Trinajstić information content (AvgIpc) is 3.42. The van der Waals surface area contributed by atoms with Crippen molar-refractivity contribution in [1.29, 1.82) is 0 Å². The molecule has 0 bridgehead atoms. The molecular formula is C25H23ClN6O. The van der Waals surface area contributed by atoms with Crippen LogP contribution >= 0.6 is 11.6 Å². The number of halogens is 1. The van der Waals surface area contributed by atoms with Crippen molar-refractivity contribution in [2.75, 3.05) is 0 Å². The van der Waals surface area contributed by atoms with Gasteiger partial charge in [0.2, 0.25) is 5.91 Å². The Kier molecular flexibility index (Phi) is 5.56. The van der Waals surface area contributed by atoms with Crippen LogP contribution in [0.15, 0.2) is 60.9 Å². The molecule has 0 fully saturated rings. The van der Waals surface area contributed by atoms with Gasteiger partial charge in [0.25, 0.3) is 0 Å². The second kappa shape index (κ2) is 8.67. The van der Waals surface area contributed by atoms with Gasteiger partial charge in [0.15, 0.2) is 5.65 Å². The first-order valence-electron chi connectivity index (χ1n) is 10.8. The molecule has 3 heterocycles. The van der Waals surface area contributed by atoms with Gasteiger partial charge < -0.3 is 5.32 Å². The standard InChI is InChI=1S/C25H23ClN6O/c1-16-3-4-17(2)20(13-16)21-14-22-25-29-28-23(31(25)11-12-32(22)30-21)9-10-24(33)27-15-18-5-7-19(26)8-6-18/h3-8,11-14H,9-10,15H2,1-2H3,(H,27,33). The fraction of sp³-hybridized carbons (Fsp3) is 0.200. The molecule has 5 aromatic rings. The molecule has 0 saturated heterocycles. The third kappa shape index (κ3) is 4.32. The lowest BCUT2D eigenvalue weighted by Crippen LogP contribution is -2.23. The number of rotatable bonds is 6. The van der Waals surface area contributed by atoms with Crippen LogP contribution in [0.3, 0.4) is 0 Å². The molecule has 7 nitrogen and oxygen atoms in total. The van der Waals surface area contributed by atoms with Gasteiger partial charge in [-0.3, -0.25) is 9.20 Å². The third-order valence-electron chi connectivity index (χ3n) is 5.74. The van der Waals surface area contributed by atoms with E-state index in [4.69, 9.17) is 16.7 Å². The van der Waals surface area contributed by atoms with Crippen LogP contribution in [0.5, 0.6) is 0 Å². The number of hydrogen-bond acceptors (Lipinski definition) is 4. The number of hydrogen-bond donors (Lipinski definition) is 1. The van der Waals surface area contributed by atoms with E-state index < -0.39 is 0 Å². The fourth-order valence-corrected chi connectivity index (χ4v) is 4.02. The van der Waals surface area contributed by atoms with Crippen molar-refractivity contribution in [3.05, 3.63) is 88.5 Å². The molecule has 2 aromatic carbocycles. The van der Waals surface area contributed by atoms with Gasteiger partial charge in [0.05, 0.1) is 5.69 Å². The van der Waals surface area contributed by atoms with E-state index in [-0.39, 0.29) is 5.91 Å². The van der Waals surface area contributed by atoms with Gasteiger partial charge in [0.1, 0.15) is 11.3 Å². The quantitative estimate of drug-likeness (QED) is 0.404. The molecule has 0 saturated carbocycles. The van der Waals surface area contributed by atoms with E-state index in [0.29, 0.717) is 24.4 Å². The van der Waals surface area contributed by atoms with Crippen LogP contribution in [0.25, 0.3) is 22.4 Å². The van der Waals surface area contributed by atoms with Crippen molar-refractivity contribution in [2.24, 2.45) is 0 Å². The number of aryl methyl sites for hydroxylation is 3. The molecule has 0 aliphatic rings. The molecule has 0 aliphatic heterocycles. The normalized spacial score (nSPS) is 11.4. The first kappa shape index (κ1) is 21.2. The van der Waals surface area contributed by atoms with Gasteiger partial charge >= 0.3 is 0 Å². The second-order valence-corrected chi connectivity index (χ2v) is 8.63. The summed E-state index contributed by atoms with van der Waals surface area (Å²) in [5.74, 6) is 0.702. The molecule has 0 aliphatic carbocycles. The highest BCUT2D eigenvalue weighted by Crippen LogP contribution is 2.26. The summed E-state index contributed by atoms with van der Waals surface area (Å²) in [5, 5.41) is 17.1. The number of amides is 1. The second-order valence-electron chi connectivity index (χ2n) is 8.19. The number of nitrogens with zero attached hydrogens (tertiary/aromatic N) is 5. The molecule has 33 heavy (non-hydrogen) atoms. The van der Waals surface area contributed by atoms with E-state index in [0.717, 1.165) is 33.8 Å². The highest BCUT2D eigenvalue weighted by molar-refractivity contribution is 6.30. The minimum absolute atomic E-state index is 0.0376. The Morgan fingerprint density at radius 2 is 1.85 bits per heavy atom. The molecular weight excluding hydrogens is 436 g/mol. The monoisotopic (exact) mass is 458 g/mol. The van der Waals surface area contributed by atoms with E-state index in [1.165, 1.54) is 11.1 Å². The minimum Gasteiger partial charge on any atom is -0.352 e. The lowest BCUT2D eigenvalue weighted by Gasteiger charge is -2.05. The van der Waals surface area contributed by atoms with Crippen molar-refractivity contribution in [3.63, 3.8) is 0 Å². The van der Waals surface area contributed by atoms with Crippen LogP contribution < -0.4 is 5.32 Å². The van der Waals surface area contributed by atoms with Crippen LogP contribution in [0.1, 0.15) is 28.9 Å². The van der Waals surface area contributed by atoms with Crippen LogP contribution in [0.2, 0.25) is 5.02 Å². The maximum absolute atomic E-state index is 12.3. The molecule has 3 aromatic heterocycles. The smallest absolute Gasteiger partial charge is 0.220 e. The summed E-state index contributed by atoms with van der Waals surface area (Å²) in [7, 11) is 0. The number of carbonyl (C=O) groups is 1. The van der Waals surface area contributed by atoms with Crippen LogP contribution in [-0.4, -0.2) is 30.1 Å². The Morgan fingerprint density at radius 3 is 2.67 bits per heavy atom. The zero-order valence-corrected chi connectivity index (χ0v) is 19.2. The Balaban J connectivity index is 1.33. The van der Waals surface area contributed by atoms with E-state index >= 15 is 0 Å². The van der Waals surface area contributed by atoms with E-state index in [2.05, 4.69) is 47.6 Å². The third-order valence-corrected chi connectivity index (χ3v) is 5.99. The Morgan fingerprint density at radius 1 is 1.03 bits per heavy atom. The number of fused-ring (bicyclic) bond motifs is 3. The fourth-order valence-electron chi connectivity index (χ4n) is 3.89. The van der Waals surface area contributed by atoms with Gasteiger partial charge in [-0.05, 0) is 49.2 Å². The predicted molar refractivity (Wildman–Crippen MR) is 128 cm³/mol. The lowest BCUT2D eigenvalue weighted by atomic mass is 10.0. The molecule has 1 amide bonds. The van der Waals surface area contributed by atoms with Gasteiger partial charge in [-0.15, -0.1) is 10.2 Å². The van der Waals surface area contributed by atoms with Gasteiger partial charge in [-0.1, -0.05) is 41.4 Å². The van der Waals surface area contributed by atoms with Gasteiger partial charge in [-0.25, -0.2) is 4.52 Å².